The highest BCUT2D eigenvalue weighted by molar-refractivity contribution is 7.26. The van der Waals surface area contributed by atoms with Gasteiger partial charge in [-0.2, -0.15) is 0 Å². The van der Waals surface area contributed by atoms with Gasteiger partial charge in [-0.1, -0.05) is 109 Å². The predicted molar refractivity (Wildman–Crippen MR) is 184 cm³/mol. The topological polar surface area (TPSA) is 38.9 Å². The van der Waals surface area contributed by atoms with Gasteiger partial charge in [0, 0.05) is 31.1 Å². The van der Waals surface area contributed by atoms with Crippen molar-refractivity contribution in [2.24, 2.45) is 0 Å². The van der Waals surface area contributed by atoms with Crippen molar-refractivity contribution in [1.29, 1.82) is 0 Å². The Morgan fingerprint density at radius 3 is 2.27 bits per heavy atom. The molecular weight excluding hydrogens is 557 g/mol. The molecule has 9 rings (SSSR count). The second-order valence-electron chi connectivity index (χ2n) is 9.53. The van der Waals surface area contributed by atoms with Gasteiger partial charge in [0.05, 0.1) is 26.0 Å². The summed E-state index contributed by atoms with van der Waals surface area (Å²) in [6.07, 6.45) is 1.13. The molecule has 0 radical (unpaired) electrons. The number of aromatic nitrogens is 2. The summed E-state index contributed by atoms with van der Waals surface area (Å²) in [7, 11) is 0. The lowest BCUT2D eigenvalue weighted by Crippen LogP contribution is -1.88. The predicted octanol–water partition coefficient (Wildman–Crippen LogP) is 11.4. The summed E-state index contributed by atoms with van der Waals surface area (Å²) < 4.78 is 170. The van der Waals surface area contributed by atoms with Crippen LogP contribution in [0.1, 0.15) is 26.0 Å². The van der Waals surface area contributed by atoms with Crippen LogP contribution in [0.3, 0.4) is 0 Å². The lowest BCUT2D eigenvalue weighted by atomic mass is 9.98. The summed E-state index contributed by atoms with van der Waals surface area (Å²) in [6, 6.07) is -5.20. The van der Waals surface area contributed by atoms with Crippen LogP contribution in [0.15, 0.2) is 150 Å². The highest BCUT2D eigenvalue weighted by Gasteiger charge is 2.17. The van der Waals surface area contributed by atoms with E-state index in [2.05, 4.69) is 9.97 Å². The molecule has 0 aliphatic carbocycles. The van der Waals surface area contributed by atoms with Gasteiger partial charge in [0.25, 0.3) is 0 Å². The SMILES string of the molecule is [2H]c1cc([2H])c(-c2c([2H])c([2H])c([2H])c3c2sc2c([2H])c([2H])c([2H])c([2H])c23)c([2H])c1-c1ncnc2c1oc1ccc(-c3c([2H])c([2H])c([2H])c(-c4c([2H])c([2H])c([2H])c([2H])c4[2H])c3[2H])cc12. The van der Waals surface area contributed by atoms with E-state index in [1.807, 2.05) is 0 Å². The smallest absolute Gasteiger partial charge is 0.180 e. The Morgan fingerprint density at radius 1 is 0.591 bits per heavy atom. The van der Waals surface area contributed by atoms with E-state index >= 15 is 0 Å². The average molecular weight is 600 g/mol. The maximum absolute atomic E-state index is 9.49. The van der Waals surface area contributed by atoms with E-state index in [9.17, 15) is 1.37 Å². The number of furan rings is 1. The van der Waals surface area contributed by atoms with Gasteiger partial charge in [0.1, 0.15) is 23.1 Å². The van der Waals surface area contributed by atoms with Crippen LogP contribution in [0, 0.1) is 0 Å². The van der Waals surface area contributed by atoms with Crippen LogP contribution < -0.4 is 0 Å². The molecule has 6 aromatic carbocycles. The zero-order chi connectivity index (χ0) is 45.6. The van der Waals surface area contributed by atoms with Crippen LogP contribution >= 0.6 is 11.3 Å². The standard InChI is InChI=1S/C40H24N2OS/c1-2-9-25(10-3-1)26-11-6-12-27(21-26)28-19-20-35-34(23-28)38-39(43-35)37(41-24-42-38)30-14-7-13-29(22-30)31-16-8-17-33-32-15-4-5-18-36(32)44-40(31)33/h1-24H/i1D,2D,3D,4D,5D,6D,8D,9D,10D,11D,12D,13D,14D,15D,16D,17D,18D,21D,22D. The van der Waals surface area contributed by atoms with Gasteiger partial charge in [-0.3, -0.25) is 0 Å². The van der Waals surface area contributed by atoms with Gasteiger partial charge in [-0.05, 0) is 63.6 Å². The van der Waals surface area contributed by atoms with E-state index in [-0.39, 0.29) is 81.8 Å². The fourth-order valence-corrected chi connectivity index (χ4v) is 6.11. The molecular formula is C40H24N2OS. The van der Waals surface area contributed by atoms with Crippen LogP contribution in [0.25, 0.3) is 86.9 Å². The normalized spacial score (nSPS) is 17.7. The largest absolute Gasteiger partial charge is 0.452 e. The lowest BCUT2D eigenvalue weighted by molar-refractivity contribution is 0.667. The third-order valence-electron chi connectivity index (χ3n) is 7.02. The van der Waals surface area contributed by atoms with Crippen LogP contribution in [0.4, 0.5) is 0 Å². The fraction of sp³-hybridized carbons (Fsp3) is 0. The van der Waals surface area contributed by atoms with Gasteiger partial charge in [-0.25, -0.2) is 9.97 Å². The molecule has 3 heterocycles. The molecule has 206 valence electrons. The summed E-state index contributed by atoms with van der Waals surface area (Å²) in [6.45, 7) is 0. The van der Waals surface area contributed by atoms with Crippen molar-refractivity contribution < 1.29 is 30.5 Å². The van der Waals surface area contributed by atoms with Crippen LogP contribution in [-0.2, 0) is 0 Å². The highest BCUT2D eigenvalue weighted by Crippen LogP contribution is 2.41. The van der Waals surface area contributed by atoms with E-state index in [1.165, 1.54) is 18.2 Å². The van der Waals surface area contributed by atoms with E-state index in [0.29, 0.717) is 0 Å². The molecule has 0 fully saturated rings. The quantitative estimate of drug-likeness (QED) is 0.202. The molecule has 0 amide bonds. The Bertz CT molecular complexity index is 3560. The minimum absolute atomic E-state index is 0.0368. The van der Waals surface area contributed by atoms with Crippen LogP contribution in [0.5, 0.6) is 0 Å². The van der Waals surface area contributed by atoms with Crippen molar-refractivity contribution in [3.63, 3.8) is 0 Å². The molecule has 0 saturated heterocycles. The van der Waals surface area contributed by atoms with Gasteiger partial charge < -0.3 is 4.42 Å². The summed E-state index contributed by atoms with van der Waals surface area (Å²) in [5.74, 6) is 0. The summed E-state index contributed by atoms with van der Waals surface area (Å²) in [5, 5.41) is 0.189. The first-order valence-electron chi connectivity index (χ1n) is 22.6. The Balaban J connectivity index is 1.28. The Labute approximate surface area is 284 Å². The first-order chi connectivity index (χ1) is 29.7. The van der Waals surface area contributed by atoms with Crippen molar-refractivity contribution in [2.75, 3.05) is 0 Å². The van der Waals surface area contributed by atoms with Gasteiger partial charge in [-0.15, -0.1) is 11.3 Å². The van der Waals surface area contributed by atoms with Crippen LogP contribution in [0.2, 0.25) is 0 Å². The van der Waals surface area contributed by atoms with E-state index in [1.54, 1.807) is 0 Å². The third kappa shape index (κ3) is 4.03. The van der Waals surface area contributed by atoms with E-state index in [4.69, 9.17) is 29.1 Å². The molecule has 0 atom stereocenters. The molecule has 44 heavy (non-hydrogen) atoms. The fourth-order valence-electron chi connectivity index (χ4n) is 5.04. The minimum atomic E-state index is -0.705. The average Bonchev–Trinajstić information content (AvgIpc) is 3.84. The monoisotopic (exact) mass is 599 g/mol. The molecule has 0 N–H and O–H groups in total. The number of hydrogen-bond donors (Lipinski definition) is 0. The van der Waals surface area contributed by atoms with Crippen molar-refractivity contribution in [3.05, 3.63) is 145 Å². The first-order valence-corrected chi connectivity index (χ1v) is 13.9. The molecule has 3 aromatic heterocycles. The Kier molecular flexibility index (Phi) is 2.86. The number of benzene rings is 6. The number of nitrogens with zero attached hydrogens (tertiary/aromatic N) is 2. The second kappa shape index (κ2) is 10.0. The Hall–Kier alpha value is -5.58. The maximum Gasteiger partial charge on any atom is 0.180 e. The van der Waals surface area contributed by atoms with Crippen molar-refractivity contribution in [3.8, 4) is 44.6 Å². The van der Waals surface area contributed by atoms with E-state index in [0.717, 1.165) is 23.7 Å². The molecule has 9 aromatic rings. The molecule has 0 unspecified atom stereocenters. The number of rotatable bonds is 4. The molecule has 0 aliphatic heterocycles. The van der Waals surface area contributed by atoms with Gasteiger partial charge >= 0.3 is 0 Å². The van der Waals surface area contributed by atoms with Crippen LogP contribution in [-0.4, -0.2) is 9.97 Å². The zero-order valence-electron chi connectivity index (χ0n) is 41.1. The summed E-state index contributed by atoms with van der Waals surface area (Å²) in [4.78, 5) is 8.77. The van der Waals surface area contributed by atoms with Gasteiger partial charge in [0.15, 0.2) is 5.58 Å². The lowest BCUT2D eigenvalue weighted by Gasteiger charge is -2.07. The molecule has 0 spiro atoms. The molecule has 0 saturated carbocycles. The number of fused-ring (bicyclic) bond motifs is 6. The van der Waals surface area contributed by atoms with Gasteiger partial charge in [0.2, 0.25) is 0 Å². The number of hydrogen-bond acceptors (Lipinski definition) is 4. The Morgan fingerprint density at radius 2 is 1.34 bits per heavy atom. The summed E-state index contributed by atoms with van der Waals surface area (Å²) in [5.41, 5.74) is -1.35. The van der Waals surface area contributed by atoms with Crippen molar-refractivity contribution in [1.82, 2.24) is 9.97 Å². The first kappa shape index (κ1) is 12.6. The number of thiophene rings is 1. The second-order valence-corrected chi connectivity index (χ2v) is 10.6. The molecule has 3 nitrogen and oxygen atoms in total. The maximum atomic E-state index is 9.49. The van der Waals surface area contributed by atoms with E-state index < -0.39 is 120 Å². The van der Waals surface area contributed by atoms with Crippen molar-refractivity contribution in [2.45, 2.75) is 0 Å². The molecule has 0 aliphatic rings. The zero-order valence-corrected chi connectivity index (χ0v) is 22.9. The highest BCUT2D eigenvalue weighted by atomic mass is 32.1. The molecule has 4 heteroatoms. The minimum Gasteiger partial charge on any atom is -0.452 e. The molecule has 0 bridgehead atoms. The summed E-state index contributed by atoms with van der Waals surface area (Å²) >= 11 is 0.835. The van der Waals surface area contributed by atoms with Crippen molar-refractivity contribution >= 4 is 53.6 Å². The third-order valence-corrected chi connectivity index (χ3v) is 8.14.